The van der Waals surface area contributed by atoms with Crippen molar-refractivity contribution in [1.82, 2.24) is 5.43 Å². The van der Waals surface area contributed by atoms with Gasteiger partial charge in [-0.3, -0.25) is 4.79 Å². The minimum Gasteiger partial charge on any atom is -0.306 e. The second-order valence-electron chi connectivity index (χ2n) is 8.21. The van der Waals surface area contributed by atoms with Crippen LogP contribution in [0.1, 0.15) is 59.3 Å². The first-order chi connectivity index (χ1) is 9.95. The zero-order chi connectivity index (χ0) is 14.8. The highest BCUT2D eigenvalue weighted by atomic mass is 32.2. The van der Waals surface area contributed by atoms with E-state index in [1.165, 1.54) is 37.1 Å². The fourth-order valence-electron chi connectivity index (χ4n) is 5.22. The molecule has 4 rings (SSSR count). The van der Waals surface area contributed by atoms with Gasteiger partial charge in [-0.05, 0) is 36.5 Å². The van der Waals surface area contributed by atoms with E-state index < -0.39 is 0 Å². The molecule has 1 N–H and O–H groups in total. The van der Waals surface area contributed by atoms with Crippen LogP contribution < -0.4 is 5.43 Å². The van der Waals surface area contributed by atoms with Gasteiger partial charge in [0.05, 0.1) is 16.3 Å². The lowest BCUT2D eigenvalue weighted by molar-refractivity contribution is -0.122. The van der Waals surface area contributed by atoms with Gasteiger partial charge < -0.3 is 5.43 Å². The molecule has 4 heteroatoms. The number of hydrazone groups is 1. The van der Waals surface area contributed by atoms with Crippen LogP contribution >= 0.6 is 11.8 Å². The van der Waals surface area contributed by atoms with Crippen LogP contribution in [0.15, 0.2) is 5.10 Å². The third-order valence-electron chi connectivity index (χ3n) is 7.14. The highest BCUT2D eigenvalue weighted by Gasteiger charge is 2.66. The summed E-state index contributed by atoms with van der Waals surface area (Å²) in [5, 5.41) is 5.97. The average Bonchev–Trinajstić information content (AvgIpc) is 2.99. The highest BCUT2D eigenvalue weighted by Crippen LogP contribution is 2.67. The fourth-order valence-corrected chi connectivity index (χ4v) is 6.99. The average molecular weight is 306 g/mol. The van der Waals surface area contributed by atoms with E-state index in [2.05, 4.69) is 31.3 Å². The second-order valence-corrected chi connectivity index (χ2v) is 9.33. The van der Waals surface area contributed by atoms with Gasteiger partial charge in [0.15, 0.2) is 0 Å². The number of nitrogens with zero attached hydrogens (tertiary/aromatic N) is 1. The molecule has 0 spiro atoms. The third-order valence-corrected chi connectivity index (χ3v) is 8.76. The molecule has 5 atom stereocenters. The van der Waals surface area contributed by atoms with Crippen LogP contribution in [-0.2, 0) is 4.79 Å². The Morgan fingerprint density at radius 1 is 1.19 bits per heavy atom. The molecule has 21 heavy (non-hydrogen) atoms. The van der Waals surface area contributed by atoms with Crippen molar-refractivity contribution >= 4 is 22.6 Å². The fraction of sp³-hybridized carbons (Fsp3) is 0.882. The molecule has 0 aromatic rings. The van der Waals surface area contributed by atoms with Gasteiger partial charge in [-0.2, -0.15) is 5.10 Å². The maximum Gasteiger partial charge on any atom is 0.150 e. The molecule has 3 saturated carbocycles. The molecule has 3 aliphatic carbocycles. The van der Waals surface area contributed by atoms with E-state index in [0.29, 0.717) is 17.7 Å². The Kier molecular flexibility index (Phi) is 3.02. The van der Waals surface area contributed by atoms with Gasteiger partial charge in [-0.1, -0.05) is 45.4 Å². The molecule has 0 aromatic heterocycles. The Bertz CT molecular complexity index is 515. The SMILES string of the molecule is CC1(C)[C@@H]2CC[C@@]1(C)[C@H](SC1=NN[C@H]3CCCC[C@H]13)C2=O. The highest BCUT2D eigenvalue weighted by molar-refractivity contribution is 8.15. The summed E-state index contributed by atoms with van der Waals surface area (Å²) in [6.45, 7) is 6.96. The summed E-state index contributed by atoms with van der Waals surface area (Å²) in [6.07, 6.45) is 7.40. The van der Waals surface area contributed by atoms with Gasteiger partial charge >= 0.3 is 0 Å². The summed E-state index contributed by atoms with van der Waals surface area (Å²) < 4.78 is 0. The Hall–Kier alpha value is -0.510. The van der Waals surface area contributed by atoms with E-state index in [4.69, 9.17) is 0 Å². The monoisotopic (exact) mass is 306 g/mol. The number of rotatable bonds is 1. The number of hydrogen-bond donors (Lipinski definition) is 1. The summed E-state index contributed by atoms with van der Waals surface area (Å²) in [5.41, 5.74) is 3.63. The molecule has 0 radical (unpaired) electrons. The number of nitrogens with one attached hydrogen (secondary N) is 1. The Balaban J connectivity index is 1.57. The molecule has 1 aliphatic heterocycles. The zero-order valence-electron chi connectivity index (χ0n) is 13.3. The molecule has 4 aliphatic rings. The van der Waals surface area contributed by atoms with Crippen LogP contribution in [0, 0.1) is 22.7 Å². The van der Waals surface area contributed by atoms with Gasteiger partial charge in [0.2, 0.25) is 0 Å². The zero-order valence-corrected chi connectivity index (χ0v) is 14.1. The van der Waals surface area contributed by atoms with Crippen LogP contribution in [0.25, 0.3) is 0 Å². The molecule has 3 nitrogen and oxygen atoms in total. The van der Waals surface area contributed by atoms with E-state index in [9.17, 15) is 4.79 Å². The van der Waals surface area contributed by atoms with Crippen molar-refractivity contribution in [3.8, 4) is 0 Å². The third kappa shape index (κ3) is 1.74. The summed E-state index contributed by atoms with van der Waals surface area (Å²) >= 11 is 1.81. The predicted octanol–water partition coefficient (Wildman–Crippen LogP) is 3.59. The topological polar surface area (TPSA) is 41.5 Å². The molecular formula is C17H26N2OS. The minimum atomic E-state index is 0.132. The molecule has 0 unspecified atom stereocenters. The minimum absolute atomic E-state index is 0.132. The first-order valence-electron chi connectivity index (χ1n) is 8.48. The molecule has 3 fully saturated rings. The summed E-state index contributed by atoms with van der Waals surface area (Å²) in [7, 11) is 0. The van der Waals surface area contributed by atoms with Gasteiger partial charge in [0.1, 0.15) is 5.78 Å². The number of fused-ring (bicyclic) bond motifs is 3. The quantitative estimate of drug-likeness (QED) is 0.805. The lowest BCUT2D eigenvalue weighted by atomic mass is 9.71. The lowest BCUT2D eigenvalue weighted by Crippen LogP contribution is -2.38. The standard InChI is InChI=1S/C17H26N2OS/c1-16(2)11-8-9-17(16,3)14(13(11)20)21-15-10-6-4-5-7-12(10)18-19-15/h10-12,14,18H,4-9H2,1-3H3/t10-,11+,12-,14+,17-/m0/s1. The van der Waals surface area contributed by atoms with E-state index in [0.717, 1.165) is 6.42 Å². The van der Waals surface area contributed by atoms with Gasteiger partial charge in [0, 0.05) is 11.8 Å². The smallest absolute Gasteiger partial charge is 0.150 e. The lowest BCUT2D eigenvalue weighted by Gasteiger charge is -2.38. The molecule has 0 saturated heterocycles. The van der Waals surface area contributed by atoms with Crippen molar-refractivity contribution in [3.63, 3.8) is 0 Å². The Morgan fingerprint density at radius 3 is 2.67 bits per heavy atom. The maximum atomic E-state index is 12.8. The largest absolute Gasteiger partial charge is 0.306 e. The van der Waals surface area contributed by atoms with Gasteiger partial charge in [0.25, 0.3) is 0 Å². The molecule has 0 amide bonds. The first-order valence-corrected chi connectivity index (χ1v) is 9.36. The van der Waals surface area contributed by atoms with Crippen LogP contribution in [0.5, 0.6) is 0 Å². The van der Waals surface area contributed by atoms with Crippen molar-refractivity contribution in [2.45, 2.75) is 70.6 Å². The summed E-state index contributed by atoms with van der Waals surface area (Å²) in [5.74, 6) is 1.35. The number of Topliss-reactive ketones (excluding diaryl/α,β-unsaturated/α-hetero) is 1. The number of thioether (sulfide) groups is 1. The van der Waals surface area contributed by atoms with E-state index in [1.807, 2.05) is 11.8 Å². The molecule has 0 aromatic carbocycles. The number of carbonyl (C=O) groups is 1. The van der Waals surface area contributed by atoms with Crippen molar-refractivity contribution in [3.05, 3.63) is 0 Å². The number of hydrogen-bond acceptors (Lipinski definition) is 4. The Morgan fingerprint density at radius 2 is 1.95 bits per heavy atom. The van der Waals surface area contributed by atoms with Gasteiger partial charge in [-0.25, -0.2) is 0 Å². The summed E-state index contributed by atoms with van der Waals surface area (Å²) in [4.78, 5) is 12.8. The van der Waals surface area contributed by atoms with Crippen molar-refractivity contribution in [1.29, 1.82) is 0 Å². The van der Waals surface area contributed by atoms with E-state index >= 15 is 0 Å². The molecule has 116 valence electrons. The second kappa shape index (κ2) is 4.50. The molecular weight excluding hydrogens is 280 g/mol. The Labute approximate surface area is 131 Å². The van der Waals surface area contributed by atoms with Crippen molar-refractivity contribution < 1.29 is 4.79 Å². The van der Waals surface area contributed by atoms with Crippen molar-refractivity contribution in [2.24, 2.45) is 27.8 Å². The van der Waals surface area contributed by atoms with Crippen LogP contribution in [0.2, 0.25) is 0 Å². The first kappa shape index (κ1) is 14.1. The normalized spacial score (nSPS) is 47.2. The number of carbonyl (C=O) groups excluding carboxylic acids is 1. The van der Waals surface area contributed by atoms with Gasteiger partial charge in [-0.15, -0.1) is 0 Å². The molecule has 1 heterocycles. The summed E-state index contributed by atoms with van der Waals surface area (Å²) in [6, 6.07) is 0.538. The van der Waals surface area contributed by atoms with Crippen LogP contribution in [0.3, 0.4) is 0 Å². The van der Waals surface area contributed by atoms with Crippen molar-refractivity contribution in [2.75, 3.05) is 0 Å². The number of ketones is 1. The van der Waals surface area contributed by atoms with E-state index in [1.54, 1.807) is 0 Å². The van der Waals surface area contributed by atoms with E-state index in [-0.39, 0.29) is 22.0 Å². The molecule has 2 bridgehead atoms. The predicted molar refractivity (Wildman–Crippen MR) is 87.3 cm³/mol. The van der Waals surface area contributed by atoms with Crippen LogP contribution in [0.4, 0.5) is 0 Å². The maximum absolute atomic E-state index is 12.8. The van der Waals surface area contributed by atoms with Crippen LogP contribution in [-0.4, -0.2) is 22.1 Å².